The van der Waals surface area contributed by atoms with Gasteiger partial charge in [-0.15, -0.1) is 0 Å². The average Bonchev–Trinajstić information content (AvgIpc) is 2.62. The molecule has 1 aliphatic heterocycles. The van der Waals surface area contributed by atoms with Crippen molar-refractivity contribution >= 4 is 24.0 Å². The molecule has 0 atom stereocenters. The maximum atomic E-state index is 6.06. The predicted molar refractivity (Wildman–Crippen MR) is 101 cm³/mol. The lowest BCUT2D eigenvalue weighted by atomic mass is 9.97. The van der Waals surface area contributed by atoms with Crippen LogP contribution in [0.15, 0.2) is 4.99 Å². The molecule has 0 aromatic carbocycles. The van der Waals surface area contributed by atoms with Crippen molar-refractivity contribution in [1.29, 1.82) is 0 Å². The molecule has 0 unspecified atom stereocenters. The van der Waals surface area contributed by atoms with Crippen molar-refractivity contribution < 1.29 is 9.47 Å². The predicted octanol–water partition coefficient (Wildman–Crippen LogP) is 1.98. The number of ether oxygens (including phenoxy) is 2. The second-order valence-corrected chi connectivity index (χ2v) is 6.26. The molecule has 8 nitrogen and oxygen atoms in total. The normalized spacial score (nSPS) is 15.1. The number of unbranched alkanes of at least 4 members (excludes halogenated alkanes) is 1. The number of nitrogens with two attached hydrogens (primary N) is 1. The van der Waals surface area contributed by atoms with Gasteiger partial charge in [-0.2, -0.15) is 9.97 Å². The third kappa shape index (κ3) is 5.54. The van der Waals surface area contributed by atoms with E-state index in [2.05, 4.69) is 33.9 Å². The molecule has 1 fully saturated rings. The number of anilines is 2. The zero-order valence-electron chi connectivity index (χ0n) is 15.3. The summed E-state index contributed by atoms with van der Waals surface area (Å²) in [7, 11) is 1.67. The van der Waals surface area contributed by atoms with Crippen LogP contribution in [-0.2, 0) is 4.74 Å². The van der Waals surface area contributed by atoms with Crippen LogP contribution in [0.1, 0.15) is 32.6 Å². The first-order chi connectivity index (χ1) is 12.2. The Morgan fingerprint density at radius 1 is 1.36 bits per heavy atom. The SMILES string of the molecule is C=Nc1c(N)nc(OCCCC)nc1N(COC)CC1CCNCC1. The number of nitrogens with zero attached hydrogens (tertiary/aromatic N) is 4. The lowest BCUT2D eigenvalue weighted by molar-refractivity contribution is 0.189. The van der Waals surface area contributed by atoms with E-state index in [-0.39, 0.29) is 11.8 Å². The van der Waals surface area contributed by atoms with Crippen LogP contribution in [0.25, 0.3) is 0 Å². The highest BCUT2D eigenvalue weighted by Crippen LogP contribution is 2.34. The third-order valence-corrected chi connectivity index (χ3v) is 4.28. The Labute approximate surface area is 149 Å². The van der Waals surface area contributed by atoms with Crippen molar-refractivity contribution in [1.82, 2.24) is 15.3 Å². The fraction of sp³-hybridized carbons (Fsp3) is 0.706. The summed E-state index contributed by atoms with van der Waals surface area (Å²) >= 11 is 0. The Morgan fingerprint density at radius 2 is 2.12 bits per heavy atom. The Morgan fingerprint density at radius 3 is 2.76 bits per heavy atom. The van der Waals surface area contributed by atoms with Crippen molar-refractivity contribution in [2.24, 2.45) is 10.9 Å². The highest BCUT2D eigenvalue weighted by atomic mass is 16.5. The summed E-state index contributed by atoms with van der Waals surface area (Å²) in [6.07, 6.45) is 4.23. The van der Waals surface area contributed by atoms with E-state index in [9.17, 15) is 0 Å². The van der Waals surface area contributed by atoms with Gasteiger partial charge in [0.25, 0.3) is 0 Å². The summed E-state index contributed by atoms with van der Waals surface area (Å²) in [5, 5.41) is 3.39. The zero-order valence-corrected chi connectivity index (χ0v) is 15.3. The molecule has 25 heavy (non-hydrogen) atoms. The van der Waals surface area contributed by atoms with E-state index in [4.69, 9.17) is 15.2 Å². The van der Waals surface area contributed by atoms with Crippen LogP contribution in [0, 0.1) is 5.92 Å². The molecule has 1 saturated heterocycles. The lowest BCUT2D eigenvalue weighted by Crippen LogP contribution is -2.37. The van der Waals surface area contributed by atoms with Crippen LogP contribution < -0.4 is 20.7 Å². The monoisotopic (exact) mass is 350 g/mol. The third-order valence-electron chi connectivity index (χ3n) is 4.28. The molecular weight excluding hydrogens is 320 g/mol. The maximum Gasteiger partial charge on any atom is 0.320 e. The molecule has 1 aromatic rings. The number of methoxy groups -OCH3 is 1. The molecule has 0 amide bonds. The molecule has 1 aromatic heterocycles. The molecule has 8 heteroatoms. The minimum absolute atomic E-state index is 0.276. The fourth-order valence-electron chi connectivity index (χ4n) is 2.92. The first-order valence-corrected chi connectivity index (χ1v) is 8.91. The number of nitrogen functional groups attached to an aromatic ring is 1. The Bertz CT molecular complexity index is 548. The highest BCUT2D eigenvalue weighted by molar-refractivity contribution is 5.75. The van der Waals surface area contributed by atoms with Gasteiger partial charge in [-0.3, -0.25) is 4.99 Å². The van der Waals surface area contributed by atoms with Crippen LogP contribution in [0.3, 0.4) is 0 Å². The minimum atomic E-state index is 0.276. The van der Waals surface area contributed by atoms with E-state index in [0.29, 0.717) is 30.8 Å². The van der Waals surface area contributed by atoms with Crippen LogP contribution >= 0.6 is 0 Å². The largest absolute Gasteiger partial charge is 0.463 e. The quantitative estimate of drug-likeness (QED) is 0.378. The van der Waals surface area contributed by atoms with Crippen molar-refractivity contribution in [3.63, 3.8) is 0 Å². The molecule has 2 rings (SSSR count). The highest BCUT2D eigenvalue weighted by Gasteiger charge is 2.23. The Kier molecular flexibility index (Phi) is 7.87. The van der Waals surface area contributed by atoms with E-state index in [1.165, 1.54) is 0 Å². The molecule has 1 aliphatic rings. The number of hydrogen-bond donors (Lipinski definition) is 2. The lowest BCUT2D eigenvalue weighted by Gasteiger charge is -2.31. The summed E-state index contributed by atoms with van der Waals surface area (Å²) in [6, 6.07) is 0.278. The Hall–Kier alpha value is -1.93. The van der Waals surface area contributed by atoms with E-state index in [1.54, 1.807) is 7.11 Å². The molecular formula is C17H30N6O2. The summed E-state index contributed by atoms with van der Waals surface area (Å²) in [5.74, 6) is 1.46. The molecule has 2 heterocycles. The fourth-order valence-corrected chi connectivity index (χ4v) is 2.92. The number of rotatable bonds is 10. The standard InChI is InChI=1S/C17H30N6O2/c1-4-5-10-25-17-21-15(18)14(19-2)16(22-17)23(12-24-3)11-13-6-8-20-9-7-13/h13,20H,2,4-12H2,1,3H3,(H2,18,21,22). The smallest absolute Gasteiger partial charge is 0.320 e. The second-order valence-electron chi connectivity index (χ2n) is 6.26. The van der Waals surface area contributed by atoms with Crippen molar-refractivity contribution in [3.05, 3.63) is 0 Å². The number of piperidine rings is 1. The molecule has 0 saturated carbocycles. The first-order valence-electron chi connectivity index (χ1n) is 8.91. The van der Waals surface area contributed by atoms with Gasteiger partial charge in [0.1, 0.15) is 12.4 Å². The van der Waals surface area contributed by atoms with Crippen LogP contribution in [0.4, 0.5) is 17.3 Å². The van der Waals surface area contributed by atoms with Crippen LogP contribution in [0.2, 0.25) is 0 Å². The van der Waals surface area contributed by atoms with Gasteiger partial charge in [0.15, 0.2) is 11.6 Å². The van der Waals surface area contributed by atoms with E-state index in [1.807, 2.05) is 4.90 Å². The topological polar surface area (TPSA) is 97.9 Å². The van der Waals surface area contributed by atoms with Gasteiger partial charge in [0.2, 0.25) is 0 Å². The van der Waals surface area contributed by atoms with Crippen molar-refractivity contribution in [2.45, 2.75) is 32.6 Å². The van der Waals surface area contributed by atoms with Gasteiger partial charge >= 0.3 is 6.01 Å². The zero-order chi connectivity index (χ0) is 18.1. The van der Waals surface area contributed by atoms with Gasteiger partial charge in [0.05, 0.1) is 6.61 Å². The summed E-state index contributed by atoms with van der Waals surface area (Å²) in [4.78, 5) is 14.8. The maximum absolute atomic E-state index is 6.06. The Balaban J connectivity index is 2.24. The van der Waals surface area contributed by atoms with Crippen LogP contribution in [-0.4, -0.2) is 56.8 Å². The minimum Gasteiger partial charge on any atom is -0.463 e. The van der Waals surface area contributed by atoms with Crippen molar-refractivity contribution in [2.75, 3.05) is 50.7 Å². The molecule has 0 aliphatic carbocycles. The molecule has 0 spiro atoms. The molecule has 3 N–H and O–H groups in total. The van der Waals surface area contributed by atoms with E-state index < -0.39 is 0 Å². The summed E-state index contributed by atoms with van der Waals surface area (Å²) in [6.45, 7) is 9.58. The number of aromatic nitrogens is 2. The molecule has 0 radical (unpaired) electrons. The number of aliphatic imine (C=N–C) groups is 1. The first kappa shape index (κ1) is 19.4. The summed E-state index contributed by atoms with van der Waals surface area (Å²) < 4.78 is 11.0. The van der Waals surface area contributed by atoms with E-state index >= 15 is 0 Å². The second kappa shape index (κ2) is 10.1. The van der Waals surface area contributed by atoms with Crippen molar-refractivity contribution in [3.8, 4) is 6.01 Å². The van der Waals surface area contributed by atoms with E-state index in [0.717, 1.165) is 45.3 Å². The molecule has 0 bridgehead atoms. The van der Waals surface area contributed by atoms with Gasteiger partial charge in [0, 0.05) is 13.7 Å². The number of nitrogens with one attached hydrogen (secondary N) is 1. The van der Waals surface area contributed by atoms with Gasteiger partial charge in [-0.1, -0.05) is 13.3 Å². The average molecular weight is 350 g/mol. The van der Waals surface area contributed by atoms with Gasteiger partial charge in [-0.25, -0.2) is 0 Å². The van der Waals surface area contributed by atoms with Crippen LogP contribution in [0.5, 0.6) is 6.01 Å². The van der Waals surface area contributed by atoms with Gasteiger partial charge < -0.3 is 25.4 Å². The number of hydrogen-bond acceptors (Lipinski definition) is 8. The molecule has 140 valence electrons. The van der Waals surface area contributed by atoms with Gasteiger partial charge in [-0.05, 0) is 45.0 Å². The summed E-state index contributed by atoms with van der Waals surface area (Å²) in [5.41, 5.74) is 6.54.